The smallest absolute Gasteiger partial charge is 0.215 e. The molecule has 0 aliphatic heterocycles. The number of unbranched alkanes of at least 4 members (excludes halogenated alkanes) is 1. The Kier molecular flexibility index (Phi) is 6.33. The summed E-state index contributed by atoms with van der Waals surface area (Å²) >= 11 is 0. The predicted octanol–water partition coefficient (Wildman–Crippen LogP) is 3.44. The summed E-state index contributed by atoms with van der Waals surface area (Å²) in [4.78, 5) is 4.36. The minimum Gasteiger partial charge on any atom is -0.481 e. The van der Waals surface area contributed by atoms with Gasteiger partial charge in [0.1, 0.15) is 0 Å². The number of anilines is 2. The number of hydrogen-bond donors (Lipinski definition) is 2. The van der Waals surface area contributed by atoms with Crippen molar-refractivity contribution < 1.29 is 4.74 Å². The van der Waals surface area contributed by atoms with Crippen LogP contribution in [0.5, 0.6) is 5.88 Å². The highest BCUT2D eigenvalue weighted by molar-refractivity contribution is 5.62. The molecule has 18 heavy (non-hydrogen) atoms. The van der Waals surface area contributed by atoms with Crippen molar-refractivity contribution in [3.8, 4) is 5.88 Å². The van der Waals surface area contributed by atoms with Gasteiger partial charge in [-0.15, -0.1) is 0 Å². The van der Waals surface area contributed by atoms with Crippen LogP contribution in [0.4, 0.5) is 11.5 Å². The van der Waals surface area contributed by atoms with Crippen LogP contribution in [0.25, 0.3) is 0 Å². The van der Waals surface area contributed by atoms with Crippen LogP contribution in [0.15, 0.2) is 12.1 Å². The van der Waals surface area contributed by atoms with Crippen molar-refractivity contribution in [2.45, 2.75) is 52.0 Å². The third-order valence-corrected chi connectivity index (χ3v) is 2.99. The molecule has 0 saturated heterocycles. The predicted molar refractivity (Wildman–Crippen MR) is 77.0 cm³/mol. The number of rotatable bonds is 8. The Hall–Kier alpha value is -1.45. The number of pyridine rings is 1. The van der Waals surface area contributed by atoms with Crippen molar-refractivity contribution >= 4 is 11.5 Å². The Balaban J connectivity index is 2.72. The Morgan fingerprint density at radius 3 is 2.67 bits per heavy atom. The van der Waals surface area contributed by atoms with Gasteiger partial charge in [0.2, 0.25) is 5.88 Å². The summed E-state index contributed by atoms with van der Waals surface area (Å²) in [6.07, 6.45) is 5.89. The number of aromatic nitrogens is 1. The van der Waals surface area contributed by atoms with E-state index in [2.05, 4.69) is 24.1 Å². The second-order valence-electron chi connectivity index (χ2n) is 4.56. The highest BCUT2D eigenvalue weighted by Crippen LogP contribution is 2.22. The van der Waals surface area contributed by atoms with Crippen LogP contribution in [0.3, 0.4) is 0 Å². The number of hydrogen-bond acceptors (Lipinski definition) is 4. The first-order valence-corrected chi connectivity index (χ1v) is 6.78. The zero-order valence-electron chi connectivity index (χ0n) is 11.7. The van der Waals surface area contributed by atoms with Gasteiger partial charge in [0.15, 0.2) is 5.82 Å². The van der Waals surface area contributed by atoms with E-state index in [0.29, 0.717) is 17.6 Å². The maximum atomic E-state index is 5.94. The molecule has 0 aromatic carbocycles. The van der Waals surface area contributed by atoms with Crippen molar-refractivity contribution in [1.82, 2.24) is 4.98 Å². The second-order valence-corrected chi connectivity index (χ2v) is 4.56. The number of methoxy groups -OCH3 is 1. The number of nitrogens with two attached hydrogens (primary N) is 1. The standard InChI is InChI=1S/C14H25N3O/c1-4-6-8-11(7-5-2)16-14-12(15)9-10-13(17-14)18-3/h9-11H,4-8,15H2,1-3H3,(H,16,17). The molecule has 0 radical (unpaired) electrons. The topological polar surface area (TPSA) is 60.2 Å². The van der Waals surface area contributed by atoms with Crippen molar-refractivity contribution in [3.63, 3.8) is 0 Å². The van der Waals surface area contributed by atoms with Crippen molar-refractivity contribution in [3.05, 3.63) is 12.1 Å². The lowest BCUT2D eigenvalue weighted by Crippen LogP contribution is -2.20. The first-order valence-electron chi connectivity index (χ1n) is 6.78. The van der Waals surface area contributed by atoms with E-state index in [4.69, 9.17) is 10.5 Å². The third kappa shape index (κ3) is 4.43. The summed E-state index contributed by atoms with van der Waals surface area (Å²) in [5.41, 5.74) is 6.61. The van der Waals surface area contributed by atoms with Crippen LogP contribution >= 0.6 is 0 Å². The van der Waals surface area contributed by atoms with Crippen LogP contribution in [0, 0.1) is 0 Å². The first kappa shape index (κ1) is 14.6. The van der Waals surface area contributed by atoms with Gasteiger partial charge in [-0.25, -0.2) is 0 Å². The van der Waals surface area contributed by atoms with Gasteiger partial charge in [0.05, 0.1) is 12.8 Å². The van der Waals surface area contributed by atoms with Gasteiger partial charge in [-0.05, 0) is 18.9 Å². The van der Waals surface area contributed by atoms with Gasteiger partial charge in [-0.3, -0.25) is 0 Å². The SMILES string of the molecule is CCCCC(CCC)Nc1nc(OC)ccc1N. The summed E-state index contributed by atoms with van der Waals surface area (Å²) in [6.45, 7) is 4.41. The van der Waals surface area contributed by atoms with Crippen LogP contribution < -0.4 is 15.8 Å². The van der Waals surface area contributed by atoms with E-state index in [1.807, 2.05) is 6.07 Å². The van der Waals surface area contributed by atoms with E-state index < -0.39 is 0 Å². The van der Waals surface area contributed by atoms with E-state index >= 15 is 0 Å². The lowest BCUT2D eigenvalue weighted by molar-refractivity contribution is 0.398. The number of nitrogens with zero attached hydrogens (tertiary/aromatic N) is 1. The maximum absolute atomic E-state index is 5.94. The highest BCUT2D eigenvalue weighted by Gasteiger charge is 2.10. The van der Waals surface area contributed by atoms with Gasteiger partial charge in [-0.2, -0.15) is 4.98 Å². The van der Waals surface area contributed by atoms with Crippen molar-refractivity contribution in [2.75, 3.05) is 18.2 Å². The molecule has 1 rings (SSSR count). The molecular weight excluding hydrogens is 226 g/mol. The molecule has 4 nitrogen and oxygen atoms in total. The lowest BCUT2D eigenvalue weighted by Gasteiger charge is -2.19. The molecule has 0 amide bonds. The van der Waals surface area contributed by atoms with Crippen LogP contribution in [0.2, 0.25) is 0 Å². The van der Waals surface area contributed by atoms with Crippen molar-refractivity contribution in [1.29, 1.82) is 0 Å². The molecule has 102 valence electrons. The number of nitrogens with one attached hydrogen (secondary N) is 1. The Labute approximate surface area is 110 Å². The van der Waals surface area contributed by atoms with Crippen molar-refractivity contribution in [2.24, 2.45) is 0 Å². The molecule has 1 heterocycles. The average molecular weight is 251 g/mol. The Morgan fingerprint density at radius 1 is 1.28 bits per heavy atom. The molecule has 4 heteroatoms. The molecule has 1 atom stereocenters. The lowest BCUT2D eigenvalue weighted by atomic mass is 10.1. The highest BCUT2D eigenvalue weighted by atomic mass is 16.5. The van der Waals surface area contributed by atoms with E-state index in [1.165, 1.54) is 12.8 Å². The monoisotopic (exact) mass is 251 g/mol. The minimum absolute atomic E-state index is 0.442. The molecule has 3 N–H and O–H groups in total. The summed E-state index contributed by atoms with van der Waals surface area (Å²) in [6, 6.07) is 4.05. The fourth-order valence-corrected chi connectivity index (χ4v) is 1.96. The molecule has 0 aliphatic carbocycles. The van der Waals surface area contributed by atoms with E-state index in [9.17, 15) is 0 Å². The van der Waals surface area contributed by atoms with Gasteiger partial charge < -0.3 is 15.8 Å². The Morgan fingerprint density at radius 2 is 2.06 bits per heavy atom. The number of ether oxygens (including phenoxy) is 1. The first-order chi connectivity index (χ1) is 8.71. The minimum atomic E-state index is 0.442. The second kappa shape index (κ2) is 7.80. The zero-order valence-corrected chi connectivity index (χ0v) is 11.7. The molecule has 1 unspecified atom stereocenters. The van der Waals surface area contributed by atoms with E-state index in [-0.39, 0.29) is 0 Å². The molecular formula is C14H25N3O. The fraction of sp³-hybridized carbons (Fsp3) is 0.643. The van der Waals surface area contributed by atoms with Gasteiger partial charge in [0, 0.05) is 12.1 Å². The summed E-state index contributed by atoms with van der Waals surface area (Å²) in [5.74, 6) is 1.33. The molecule has 0 spiro atoms. The largest absolute Gasteiger partial charge is 0.481 e. The molecule has 0 saturated carbocycles. The molecule has 0 bridgehead atoms. The fourth-order valence-electron chi connectivity index (χ4n) is 1.96. The molecule has 0 aliphatic rings. The van der Waals surface area contributed by atoms with Crippen LogP contribution in [0.1, 0.15) is 46.0 Å². The summed E-state index contributed by atoms with van der Waals surface area (Å²) in [5, 5.41) is 3.44. The normalized spacial score (nSPS) is 12.2. The third-order valence-electron chi connectivity index (χ3n) is 2.99. The van der Waals surface area contributed by atoms with Crippen LogP contribution in [-0.4, -0.2) is 18.1 Å². The van der Waals surface area contributed by atoms with Crippen LogP contribution in [-0.2, 0) is 0 Å². The summed E-state index contributed by atoms with van der Waals surface area (Å²) in [7, 11) is 1.61. The Bertz CT molecular complexity index is 355. The zero-order chi connectivity index (χ0) is 13.4. The van der Waals surface area contributed by atoms with Gasteiger partial charge in [-0.1, -0.05) is 33.1 Å². The van der Waals surface area contributed by atoms with Gasteiger partial charge >= 0.3 is 0 Å². The molecule has 1 aromatic heterocycles. The maximum Gasteiger partial charge on any atom is 0.215 e. The average Bonchev–Trinajstić information content (AvgIpc) is 2.38. The molecule has 1 aromatic rings. The number of nitrogen functional groups attached to an aromatic ring is 1. The molecule has 0 fully saturated rings. The van der Waals surface area contributed by atoms with E-state index in [0.717, 1.165) is 25.1 Å². The van der Waals surface area contributed by atoms with E-state index in [1.54, 1.807) is 13.2 Å². The quantitative estimate of drug-likeness (QED) is 0.743. The summed E-state index contributed by atoms with van der Waals surface area (Å²) < 4.78 is 5.13. The van der Waals surface area contributed by atoms with Gasteiger partial charge in [0.25, 0.3) is 0 Å².